The van der Waals surface area contributed by atoms with Crippen molar-refractivity contribution < 1.29 is 18.7 Å². The Labute approximate surface area is 190 Å². The summed E-state index contributed by atoms with van der Waals surface area (Å²) < 4.78 is 11.4. The van der Waals surface area contributed by atoms with Gasteiger partial charge in [0, 0.05) is 19.5 Å². The van der Waals surface area contributed by atoms with E-state index >= 15 is 0 Å². The van der Waals surface area contributed by atoms with Crippen LogP contribution in [-0.2, 0) is 11.2 Å². The number of H-pyrrole nitrogens is 1. The third-order valence-corrected chi connectivity index (χ3v) is 5.07. The topological polar surface area (TPSA) is 113 Å². The highest BCUT2D eigenvalue weighted by atomic mass is 16.5. The van der Waals surface area contributed by atoms with Crippen LogP contribution in [0.2, 0.25) is 0 Å². The van der Waals surface area contributed by atoms with Crippen molar-refractivity contribution in [3.8, 4) is 5.75 Å². The number of aromatic amines is 1. The standard InChI is InChI=1S/C24H25N5O4/c1-15(25-24(31)20-13-33-23(28-20)9-17-7-5-4-6-8-17)12-32-22-11-19-18(26-16(2)27-19)10-21(22)29(3)14-30/h4-8,10-11,13-15H,9,12H2,1-3H3,(H,25,31)(H,26,27)/t15-/m1/s1. The Bertz CT molecular complexity index is 1260. The number of amides is 2. The Morgan fingerprint density at radius 3 is 2.82 bits per heavy atom. The van der Waals surface area contributed by atoms with Gasteiger partial charge in [-0.2, -0.15) is 0 Å². The van der Waals surface area contributed by atoms with E-state index in [1.165, 1.54) is 11.2 Å². The van der Waals surface area contributed by atoms with Gasteiger partial charge in [-0.05, 0) is 25.5 Å². The second kappa shape index (κ2) is 9.56. The fraction of sp³-hybridized carbons (Fsp3) is 0.250. The molecule has 0 aliphatic carbocycles. The highest BCUT2D eigenvalue weighted by molar-refractivity contribution is 5.92. The first-order valence-corrected chi connectivity index (χ1v) is 10.5. The van der Waals surface area contributed by atoms with Gasteiger partial charge in [-0.15, -0.1) is 0 Å². The predicted octanol–water partition coefficient (Wildman–Crippen LogP) is 3.24. The maximum Gasteiger partial charge on any atom is 0.273 e. The number of ether oxygens (including phenoxy) is 1. The molecule has 2 N–H and O–H groups in total. The summed E-state index contributed by atoms with van der Waals surface area (Å²) in [5.41, 5.74) is 3.39. The summed E-state index contributed by atoms with van der Waals surface area (Å²) in [4.78, 5) is 37.2. The average Bonchev–Trinajstić information content (AvgIpc) is 3.42. The van der Waals surface area contributed by atoms with Gasteiger partial charge in [0.2, 0.25) is 6.41 Å². The van der Waals surface area contributed by atoms with E-state index in [2.05, 4.69) is 20.3 Å². The number of hydrogen-bond donors (Lipinski definition) is 2. The molecule has 9 heteroatoms. The van der Waals surface area contributed by atoms with Gasteiger partial charge in [0.15, 0.2) is 11.6 Å². The molecule has 2 aromatic carbocycles. The quantitative estimate of drug-likeness (QED) is 0.381. The molecule has 0 unspecified atom stereocenters. The summed E-state index contributed by atoms with van der Waals surface area (Å²) in [5.74, 6) is 1.40. The molecule has 2 aromatic heterocycles. The Morgan fingerprint density at radius 1 is 1.27 bits per heavy atom. The van der Waals surface area contributed by atoms with Crippen molar-refractivity contribution in [1.29, 1.82) is 0 Å². The molecule has 0 saturated heterocycles. The van der Waals surface area contributed by atoms with Gasteiger partial charge in [-0.1, -0.05) is 30.3 Å². The molecule has 0 radical (unpaired) electrons. The van der Waals surface area contributed by atoms with Crippen LogP contribution >= 0.6 is 0 Å². The third kappa shape index (κ3) is 5.20. The van der Waals surface area contributed by atoms with Gasteiger partial charge in [0.05, 0.1) is 22.8 Å². The molecule has 0 fully saturated rings. The highest BCUT2D eigenvalue weighted by Gasteiger charge is 2.17. The van der Waals surface area contributed by atoms with Crippen LogP contribution in [0, 0.1) is 6.92 Å². The van der Waals surface area contributed by atoms with E-state index in [0.717, 1.165) is 22.4 Å². The summed E-state index contributed by atoms with van der Waals surface area (Å²) >= 11 is 0. The van der Waals surface area contributed by atoms with Crippen LogP contribution in [0.4, 0.5) is 5.69 Å². The van der Waals surface area contributed by atoms with Gasteiger partial charge in [0.1, 0.15) is 24.4 Å². The van der Waals surface area contributed by atoms with Crippen molar-refractivity contribution in [3.05, 3.63) is 71.7 Å². The number of aromatic nitrogens is 3. The van der Waals surface area contributed by atoms with E-state index in [0.29, 0.717) is 30.2 Å². The maximum atomic E-state index is 12.6. The molecule has 33 heavy (non-hydrogen) atoms. The highest BCUT2D eigenvalue weighted by Crippen LogP contribution is 2.31. The fourth-order valence-corrected chi connectivity index (χ4v) is 3.42. The zero-order valence-electron chi connectivity index (χ0n) is 18.7. The predicted molar refractivity (Wildman–Crippen MR) is 123 cm³/mol. The van der Waals surface area contributed by atoms with E-state index in [9.17, 15) is 9.59 Å². The van der Waals surface area contributed by atoms with Gasteiger partial charge < -0.3 is 24.4 Å². The van der Waals surface area contributed by atoms with Gasteiger partial charge in [-0.3, -0.25) is 9.59 Å². The Balaban J connectivity index is 1.39. The summed E-state index contributed by atoms with van der Waals surface area (Å²) in [7, 11) is 1.64. The first kappa shape index (κ1) is 22.1. The first-order chi connectivity index (χ1) is 15.9. The summed E-state index contributed by atoms with van der Waals surface area (Å²) in [6.07, 6.45) is 2.57. The molecule has 0 spiro atoms. The molecule has 1 atom stereocenters. The summed E-state index contributed by atoms with van der Waals surface area (Å²) in [6.45, 7) is 3.88. The lowest BCUT2D eigenvalue weighted by molar-refractivity contribution is -0.107. The van der Waals surface area contributed by atoms with E-state index in [4.69, 9.17) is 9.15 Å². The lowest BCUT2D eigenvalue weighted by Gasteiger charge is -2.19. The molecule has 9 nitrogen and oxygen atoms in total. The molecule has 0 saturated carbocycles. The average molecular weight is 447 g/mol. The molecule has 2 amide bonds. The number of nitrogens with one attached hydrogen (secondary N) is 2. The minimum atomic E-state index is -0.348. The van der Waals surface area contributed by atoms with Crippen molar-refractivity contribution in [2.75, 3.05) is 18.6 Å². The smallest absolute Gasteiger partial charge is 0.273 e. The van der Waals surface area contributed by atoms with Crippen LogP contribution in [0.3, 0.4) is 0 Å². The van der Waals surface area contributed by atoms with Crippen LogP contribution in [0.1, 0.15) is 34.7 Å². The van der Waals surface area contributed by atoms with Crippen LogP contribution in [-0.4, -0.2) is 47.0 Å². The normalized spacial score (nSPS) is 11.8. The number of anilines is 1. The molecule has 0 aliphatic rings. The minimum absolute atomic E-state index is 0.193. The monoisotopic (exact) mass is 447 g/mol. The van der Waals surface area contributed by atoms with Crippen molar-refractivity contribution in [1.82, 2.24) is 20.3 Å². The molecule has 0 bridgehead atoms. The fourth-order valence-electron chi connectivity index (χ4n) is 3.42. The van der Waals surface area contributed by atoms with Crippen molar-refractivity contribution >= 4 is 29.0 Å². The number of carbonyl (C=O) groups is 2. The zero-order chi connectivity index (χ0) is 23.4. The largest absolute Gasteiger partial charge is 0.489 e. The van der Waals surface area contributed by atoms with Crippen molar-refractivity contribution in [3.63, 3.8) is 0 Å². The molecule has 2 heterocycles. The number of aryl methyl sites for hydroxylation is 1. The van der Waals surface area contributed by atoms with Crippen molar-refractivity contribution in [2.45, 2.75) is 26.3 Å². The van der Waals surface area contributed by atoms with E-state index < -0.39 is 0 Å². The number of hydrogen-bond acceptors (Lipinski definition) is 6. The molecular weight excluding hydrogens is 422 g/mol. The van der Waals surface area contributed by atoms with E-state index in [1.807, 2.05) is 44.2 Å². The number of carbonyl (C=O) groups excluding carboxylic acids is 2. The zero-order valence-corrected chi connectivity index (χ0v) is 18.7. The van der Waals surface area contributed by atoms with E-state index in [-0.39, 0.29) is 24.2 Å². The van der Waals surface area contributed by atoms with Crippen molar-refractivity contribution in [2.24, 2.45) is 0 Å². The molecule has 4 aromatic rings. The number of benzene rings is 2. The number of imidazole rings is 1. The molecular formula is C24H25N5O4. The number of oxazole rings is 1. The second-order valence-corrected chi connectivity index (χ2v) is 7.85. The number of nitrogens with zero attached hydrogens (tertiary/aromatic N) is 3. The van der Waals surface area contributed by atoms with Crippen LogP contribution < -0.4 is 15.0 Å². The number of rotatable bonds is 9. The Kier molecular flexibility index (Phi) is 6.39. The van der Waals surface area contributed by atoms with E-state index in [1.54, 1.807) is 19.2 Å². The summed E-state index contributed by atoms with van der Waals surface area (Å²) in [5, 5.41) is 2.86. The first-order valence-electron chi connectivity index (χ1n) is 10.5. The SMILES string of the molecule is Cc1nc2cc(N(C)C=O)c(OC[C@@H](C)NC(=O)c3coc(Cc4ccccc4)n3)cc2[nH]1. The van der Waals surface area contributed by atoms with Gasteiger partial charge in [0.25, 0.3) is 5.91 Å². The Hall–Kier alpha value is -4.14. The van der Waals surface area contributed by atoms with Gasteiger partial charge >= 0.3 is 0 Å². The third-order valence-electron chi connectivity index (χ3n) is 5.07. The number of fused-ring (bicyclic) bond motifs is 1. The minimum Gasteiger partial charge on any atom is -0.489 e. The molecule has 170 valence electrons. The van der Waals surface area contributed by atoms with Gasteiger partial charge in [-0.25, -0.2) is 9.97 Å². The molecule has 4 rings (SSSR count). The van der Waals surface area contributed by atoms with Crippen LogP contribution in [0.5, 0.6) is 5.75 Å². The maximum absolute atomic E-state index is 12.6. The van der Waals surface area contributed by atoms with Crippen LogP contribution in [0.15, 0.2) is 53.1 Å². The second-order valence-electron chi connectivity index (χ2n) is 7.85. The summed E-state index contributed by atoms with van der Waals surface area (Å²) in [6, 6.07) is 13.0. The lowest BCUT2D eigenvalue weighted by atomic mass is 10.1. The molecule has 0 aliphatic heterocycles. The Morgan fingerprint density at radius 2 is 2.06 bits per heavy atom. The lowest BCUT2D eigenvalue weighted by Crippen LogP contribution is -2.37. The van der Waals surface area contributed by atoms with Crippen LogP contribution in [0.25, 0.3) is 11.0 Å².